The van der Waals surface area contributed by atoms with Crippen molar-refractivity contribution in [2.75, 3.05) is 6.54 Å². The maximum absolute atomic E-state index is 11.3. The highest BCUT2D eigenvalue weighted by Gasteiger charge is 2.02. The Balaban J connectivity index is 3.45. The molecule has 26 heavy (non-hydrogen) atoms. The van der Waals surface area contributed by atoms with Crippen LogP contribution in [0.4, 0.5) is 4.79 Å². The van der Waals surface area contributed by atoms with Crippen molar-refractivity contribution in [3.05, 3.63) is 48.6 Å². The zero-order chi connectivity index (χ0) is 19.3. The van der Waals surface area contributed by atoms with Crippen molar-refractivity contribution in [3.63, 3.8) is 0 Å². The largest absolute Gasteiger partial charge is 0.447 e. The minimum atomic E-state index is -0.327. The van der Waals surface area contributed by atoms with Crippen LogP contribution in [0.2, 0.25) is 0 Å². The number of carbonyl (C=O) groups is 1. The lowest BCUT2D eigenvalue weighted by atomic mass is 10.2. The molecule has 0 aliphatic heterocycles. The smallest absolute Gasteiger partial charge is 0.407 e. The van der Waals surface area contributed by atoms with E-state index in [4.69, 9.17) is 4.74 Å². The monoisotopic (exact) mass is 361 g/mol. The van der Waals surface area contributed by atoms with Crippen molar-refractivity contribution in [1.29, 1.82) is 0 Å². The van der Waals surface area contributed by atoms with Gasteiger partial charge in [-0.25, -0.2) is 4.79 Å². The fraction of sp³-hybridized carbons (Fsp3) is 0.609. The molecular formula is C23H39NO2. The third-order valence-electron chi connectivity index (χ3n) is 3.62. The summed E-state index contributed by atoms with van der Waals surface area (Å²) >= 11 is 0. The van der Waals surface area contributed by atoms with Gasteiger partial charge in [-0.2, -0.15) is 0 Å². The van der Waals surface area contributed by atoms with E-state index in [0.717, 1.165) is 32.1 Å². The van der Waals surface area contributed by atoms with Gasteiger partial charge in [0.25, 0.3) is 0 Å². The van der Waals surface area contributed by atoms with E-state index in [1.165, 1.54) is 25.7 Å². The molecule has 0 spiro atoms. The van der Waals surface area contributed by atoms with Crippen LogP contribution in [-0.4, -0.2) is 18.7 Å². The van der Waals surface area contributed by atoms with E-state index in [1.807, 2.05) is 13.8 Å². The van der Waals surface area contributed by atoms with Gasteiger partial charge in [0.1, 0.15) is 0 Å². The number of rotatable bonds is 15. The number of nitrogens with one attached hydrogen (secondary N) is 1. The van der Waals surface area contributed by atoms with E-state index in [0.29, 0.717) is 6.54 Å². The Morgan fingerprint density at radius 3 is 1.81 bits per heavy atom. The summed E-state index contributed by atoms with van der Waals surface area (Å²) in [5.41, 5.74) is 0. The molecule has 0 fully saturated rings. The second-order valence-electron chi connectivity index (χ2n) is 6.61. The molecule has 1 amide bonds. The number of alkyl carbamates (subject to hydrolysis) is 1. The van der Waals surface area contributed by atoms with Crippen LogP contribution in [0.1, 0.15) is 78.6 Å². The van der Waals surface area contributed by atoms with Gasteiger partial charge >= 0.3 is 6.09 Å². The van der Waals surface area contributed by atoms with Gasteiger partial charge in [-0.05, 0) is 58.8 Å². The number of carbonyl (C=O) groups excluding carboxylic acids is 1. The molecule has 0 aliphatic rings. The Kier molecular flexibility index (Phi) is 18.2. The Hall–Kier alpha value is -1.77. The summed E-state index contributed by atoms with van der Waals surface area (Å²) in [6.07, 6.45) is 27.4. The van der Waals surface area contributed by atoms with Crippen LogP contribution in [0, 0.1) is 0 Å². The van der Waals surface area contributed by atoms with Crippen molar-refractivity contribution in [3.8, 4) is 0 Å². The topological polar surface area (TPSA) is 38.3 Å². The Bertz CT molecular complexity index is 433. The molecule has 0 aromatic carbocycles. The fourth-order valence-electron chi connectivity index (χ4n) is 2.23. The average Bonchev–Trinajstić information content (AvgIpc) is 2.60. The first-order valence-corrected chi connectivity index (χ1v) is 10.2. The quantitative estimate of drug-likeness (QED) is 0.255. The number of hydrogen-bond donors (Lipinski definition) is 1. The molecule has 0 bridgehead atoms. The van der Waals surface area contributed by atoms with Gasteiger partial charge in [-0.1, -0.05) is 68.4 Å². The molecule has 3 nitrogen and oxygen atoms in total. The first kappa shape index (κ1) is 24.2. The van der Waals surface area contributed by atoms with E-state index in [2.05, 4.69) is 60.8 Å². The molecule has 0 saturated carbocycles. The van der Waals surface area contributed by atoms with E-state index in [1.54, 1.807) is 0 Å². The molecule has 0 aromatic heterocycles. The van der Waals surface area contributed by atoms with Crippen LogP contribution in [0.25, 0.3) is 0 Å². The number of hydrogen-bond acceptors (Lipinski definition) is 2. The Morgan fingerprint density at radius 1 is 0.808 bits per heavy atom. The van der Waals surface area contributed by atoms with Crippen LogP contribution in [0.15, 0.2) is 48.6 Å². The third kappa shape index (κ3) is 20.3. The highest BCUT2D eigenvalue weighted by atomic mass is 16.6. The van der Waals surface area contributed by atoms with E-state index < -0.39 is 0 Å². The molecule has 0 aromatic rings. The molecule has 3 heteroatoms. The normalized spacial score (nSPS) is 12.3. The Labute approximate surface area is 161 Å². The molecule has 1 N–H and O–H groups in total. The van der Waals surface area contributed by atoms with Crippen LogP contribution in [0.5, 0.6) is 0 Å². The summed E-state index contributed by atoms with van der Waals surface area (Å²) in [7, 11) is 0. The van der Waals surface area contributed by atoms with Gasteiger partial charge in [0.2, 0.25) is 0 Å². The maximum Gasteiger partial charge on any atom is 0.407 e. The lowest BCUT2D eigenvalue weighted by Gasteiger charge is -2.08. The molecule has 148 valence electrons. The number of unbranched alkanes of at least 4 members (excludes halogenated alkanes) is 4. The molecular weight excluding hydrogens is 322 g/mol. The van der Waals surface area contributed by atoms with Crippen LogP contribution in [-0.2, 0) is 4.74 Å². The summed E-state index contributed by atoms with van der Waals surface area (Å²) in [6.45, 7) is 6.59. The van der Waals surface area contributed by atoms with Crippen molar-refractivity contribution in [2.24, 2.45) is 0 Å². The van der Waals surface area contributed by atoms with Gasteiger partial charge in [-0.3, -0.25) is 0 Å². The van der Waals surface area contributed by atoms with Gasteiger partial charge in [0.15, 0.2) is 0 Å². The van der Waals surface area contributed by atoms with Crippen molar-refractivity contribution in [2.45, 2.75) is 84.7 Å². The van der Waals surface area contributed by atoms with Crippen LogP contribution in [0.3, 0.4) is 0 Å². The van der Waals surface area contributed by atoms with Gasteiger partial charge in [-0.15, -0.1) is 0 Å². The Morgan fingerprint density at radius 2 is 1.31 bits per heavy atom. The highest BCUT2D eigenvalue weighted by Crippen LogP contribution is 2.01. The first-order valence-electron chi connectivity index (χ1n) is 10.2. The summed E-state index contributed by atoms with van der Waals surface area (Å²) in [5, 5.41) is 2.74. The summed E-state index contributed by atoms with van der Waals surface area (Å²) in [5.74, 6) is 0. The standard InChI is InChI=1S/C23H39NO2/c1-4-5-6-7-8-9-10-11-12-13-14-15-16-17-18-19-20-21-24-23(25)26-22(2)3/h8-9,11-12,14-15,17-18,22H,4-7,10,13,16,19-21H2,1-3H3,(H,24,25)/b9-8-,12-11-,15-14-,18-17-. The molecule has 0 rings (SSSR count). The SMILES string of the molecule is CCCCC/C=C\C/C=C\C/C=C\C/C=C\CCCNC(=O)OC(C)C. The molecule has 0 unspecified atom stereocenters. The summed E-state index contributed by atoms with van der Waals surface area (Å²) in [4.78, 5) is 11.3. The van der Waals surface area contributed by atoms with Crippen molar-refractivity contribution < 1.29 is 9.53 Å². The fourth-order valence-corrected chi connectivity index (χ4v) is 2.23. The van der Waals surface area contributed by atoms with Crippen molar-refractivity contribution >= 4 is 6.09 Å². The summed E-state index contributed by atoms with van der Waals surface area (Å²) in [6, 6.07) is 0. The predicted octanol–water partition coefficient (Wildman–Crippen LogP) is 6.88. The van der Waals surface area contributed by atoms with Crippen molar-refractivity contribution in [1.82, 2.24) is 5.32 Å². The lowest BCUT2D eigenvalue weighted by molar-refractivity contribution is 0.115. The predicted molar refractivity (Wildman–Crippen MR) is 113 cm³/mol. The van der Waals surface area contributed by atoms with Crippen LogP contribution >= 0.6 is 0 Å². The molecule has 0 heterocycles. The molecule has 0 atom stereocenters. The van der Waals surface area contributed by atoms with Crippen LogP contribution < -0.4 is 5.32 Å². The summed E-state index contributed by atoms with van der Waals surface area (Å²) < 4.78 is 5.00. The average molecular weight is 362 g/mol. The van der Waals surface area contributed by atoms with Gasteiger partial charge < -0.3 is 10.1 Å². The molecule has 0 saturated heterocycles. The van der Waals surface area contributed by atoms with E-state index >= 15 is 0 Å². The second kappa shape index (κ2) is 19.6. The van der Waals surface area contributed by atoms with E-state index in [-0.39, 0.29) is 12.2 Å². The third-order valence-corrected chi connectivity index (χ3v) is 3.62. The molecule has 0 aliphatic carbocycles. The van der Waals surface area contributed by atoms with Gasteiger partial charge in [0, 0.05) is 6.54 Å². The minimum absolute atomic E-state index is 0.0662. The second-order valence-corrected chi connectivity index (χ2v) is 6.61. The molecule has 0 radical (unpaired) electrons. The number of allylic oxidation sites excluding steroid dienone is 8. The lowest BCUT2D eigenvalue weighted by Crippen LogP contribution is -2.27. The first-order chi connectivity index (χ1) is 12.7. The maximum atomic E-state index is 11.3. The van der Waals surface area contributed by atoms with Gasteiger partial charge in [0.05, 0.1) is 6.10 Å². The van der Waals surface area contributed by atoms with E-state index in [9.17, 15) is 4.79 Å². The number of ether oxygens (including phenoxy) is 1. The highest BCUT2D eigenvalue weighted by molar-refractivity contribution is 5.67. The number of amides is 1. The minimum Gasteiger partial charge on any atom is -0.447 e. The zero-order valence-electron chi connectivity index (χ0n) is 17.1. The zero-order valence-corrected chi connectivity index (χ0v) is 17.1.